The molecule has 0 radical (unpaired) electrons. The van der Waals surface area contributed by atoms with Crippen LogP contribution in [0.5, 0.6) is 0 Å². The number of hydrogen-bond acceptors (Lipinski definition) is 4. The van der Waals surface area contributed by atoms with Crippen LogP contribution in [0.1, 0.15) is 12.0 Å². The van der Waals surface area contributed by atoms with Gasteiger partial charge in [0, 0.05) is 18.8 Å². The van der Waals surface area contributed by atoms with E-state index < -0.39 is 0 Å². The van der Waals surface area contributed by atoms with Gasteiger partial charge in [-0.15, -0.1) is 0 Å². The molecule has 14 heavy (non-hydrogen) atoms. The van der Waals surface area contributed by atoms with Gasteiger partial charge in [-0.2, -0.15) is 10.1 Å². The fourth-order valence-corrected chi connectivity index (χ4v) is 1.26. The summed E-state index contributed by atoms with van der Waals surface area (Å²) < 4.78 is 1.63. The topological polar surface area (TPSA) is 69.1 Å². The van der Waals surface area contributed by atoms with Crippen molar-refractivity contribution in [1.82, 2.24) is 19.6 Å². The zero-order chi connectivity index (χ0) is 9.97. The van der Waals surface area contributed by atoms with Crippen LogP contribution in [0.4, 0.5) is 0 Å². The Balaban J connectivity index is 2.21. The van der Waals surface area contributed by atoms with Crippen LogP contribution in [0, 0.1) is 0 Å². The summed E-state index contributed by atoms with van der Waals surface area (Å²) in [4.78, 5) is 8.59. The van der Waals surface area contributed by atoms with Crippen LogP contribution in [-0.4, -0.2) is 24.6 Å². The Morgan fingerprint density at radius 2 is 2.36 bits per heavy atom. The normalized spacial score (nSPS) is 10.6. The molecule has 2 N–H and O–H groups in total. The second kappa shape index (κ2) is 3.67. The first-order valence-corrected chi connectivity index (χ1v) is 4.59. The van der Waals surface area contributed by atoms with E-state index in [1.807, 2.05) is 6.20 Å². The average Bonchev–Trinajstić information content (AvgIpc) is 2.61. The van der Waals surface area contributed by atoms with Crippen LogP contribution >= 0.6 is 12.2 Å². The molecule has 0 aromatic carbocycles. The van der Waals surface area contributed by atoms with Crippen molar-refractivity contribution < 1.29 is 0 Å². The van der Waals surface area contributed by atoms with E-state index in [-0.39, 0.29) is 0 Å². The van der Waals surface area contributed by atoms with Gasteiger partial charge in [0.25, 0.3) is 5.78 Å². The third-order valence-electron chi connectivity index (χ3n) is 1.85. The SMILES string of the molecule is NC(=S)CCc1cnc2ncnn2c1. The highest BCUT2D eigenvalue weighted by Gasteiger charge is 1.99. The van der Waals surface area contributed by atoms with E-state index in [0.29, 0.717) is 17.2 Å². The molecule has 0 aliphatic carbocycles. The maximum Gasteiger partial charge on any atom is 0.252 e. The van der Waals surface area contributed by atoms with Crippen molar-refractivity contribution in [2.75, 3.05) is 0 Å². The fraction of sp³-hybridized carbons (Fsp3) is 0.250. The van der Waals surface area contributed by atoms with E-state index >= 15 is 0 Å². The van der Waals surface area contributed by atoms with Crippen LogP contribution in [0.25, 0.3) is 5.78 Å². The Labute approximate surface area is 86.0 Å². The van der Waals surface area contributed by atoms with Crippen LogP contribution in [0.2, 0.25) is 0 Å². The van der Waals surface area contributed by atoms with Crippen molar-refractivity contribution in [2.24, 2.45) is 5.73 Å². The third kappa shape index (κ3) is 1.85. The number of nitrogens with two attached hydrogens (primary N) is 1. The summed E-state index contributed by atoms with van der Waals surface area (Å²) in [6.45, 7) is 0. The molecule has 0 aliphatic heterocycles. The van der Waals surface area contributed by atoms with Gasteiger partial charge < -0.3 is 5.73 Å². The molecule has 2 rings (SSSR count). The van der Waals surface area contributed by atoms with Gasteiger partial charge in [-0.05, 0) is 12.0 Å². The summed E-state index contributed by atoms with van der Waals surface area (Å²) in [5.41, 5.74) is 6.46. The Hall–Kier alpha value is -1.56. The lowest BCUT2D eigenvalue weighted by Crippen LogP contribution is -2.09. The van der Waals surface area contributed by atoms with E-state index in [1.54, 1.807) is 10.7 Å². The minimum absolute atomic E-state index is 0.517. The number of fused-ring (bicyclic) bond motifs is 1. The minimum Gasteiger partial charge on any atom is -0.393 e. The lowest BCUT2D eigenvalue weighted by molar-refractivity contribution is 0.898. The van der Waals surface area contributed by atoms with Crippen LogP contribution in [-0.2, 0) is 6.42 Å². The maximum atomic E-state index is 5.41. The average molecular weight is 207 g/mol. The van der Waals surface area contributed by atoms with Crippen molar-refractivity contribution in [3.8, 4) is 0 Å². The number of rotatable bonds is 3. The van der Waals surface area contributed by atoms with Crippen LogP contribution < -0.4 is 5.73 Å². The first-order chi connectivity index (χ1) is 6.75. The molecule has 0 bridgehead atoms. The van der Waals surface area contributed by atoms with Crippen molar-refractivity contribution in [3.63, 3.8) is 0 Å². The molecule has 0 saturated heterocycles. The summed E-state index contributed by atoms with van der Waals surface area (Å²) >= 11 is 4.80. The molecule has 2 aromatic heterocycles. The molecule has 72 valence electrons. The van der Waals surface area contributed by atoms with Gasteiger partial charge in [0.1, 0.15) is 6.33 Å². The van der Waals surface area contributed by atoms with E-state index in [0.717, 1.165) is 12.0 Å². The smallest absolute Gasteiger partial charge is 0.252 e. The number of thiocarbonyl (C=S) groups is 1. The van der Waals surface area contributed by atoms with Gasteiger partial charge in [0.05, 0.1) is 4.99 Å². The molecule has 6 heteroatoms. The summed E-state index contributed by atoms with van der Waals surface area (Å²) in [6.07, 6.45) is 6.60. The van der Waals surface area contributed by atoms with Gasteiger partial charge in [-0.25, -0.2) is 9.50 Å². The van der Waals surface area contributed by atoms with E-state index in [9.17, 15) is 0 Å². The van der Waals surface area contributed by atoms with Gasteiger partial charge >= 0.3 is 0 Å². The van der Waals surface area contributed by atoms with Crippen molar-refractivity contribution in [3.05, 3.63) is 24.3 Å². The zero-order valence-corrected chi connectivity index (χ0v) is 8.24. The fourth-order valence-electron chi connectivity index (χ4n) is 1.16. The van der Waals surface area contributed by atoms with E-state index in [1.165, 1.54) is 6.33 Å². The second-order valence-electron chi connectivity index (χ2n) is 2.93. The summed E-state index contributed by atoms with van der Waals surface area (Å²) in [5, 5.41) is 3.99. The first-order valence-electron chi connectivity index (χ1n) is 4.18. The summed E-state index contributed by atoms with van der Waals surface area (Å²) in [6, 6.07) is 0. The molecule has 0 amide bonds. The van der Waals surface area contributed by atoms with Gasteiger partial charge in [-0.1, -0.05) is 12.2 Å². The molecule has 0 unspecified atom stereocenters. The predicted octanol–water partition coefficient (Wildman–Crippen LogP) is 0.343. The Morgan fingerprint density at radius 1 is 1.50 bits per heavy atom. The quantitative estimate of drug-likeness (QED) is 0.735. The molecular weight excluding hydrogens is 198 g/mol. The molecule has 2 heterocycles. The molecule has 0 atom stereocenters. The van der Waals surface area contributed by atoms with Crippen molar-refractivity contribution in [2.45, 2.75) is 12.8 Å². The summed E-state index contributed by atoms with van der Waals surface area (Å²) in [7, 11) is 0. The number of aromatic nitrogens is 4. The highest BCUT2D eigenvalue weighted by atomic mass is 32.1. The Kier molecular flexibility index (Phi) is 2.36. The monoisotopic (exact) mass is 207 g/mol. The van der Waals surface area contributed by atoms with Crippen LogP contribution in [0.3, 0.4) is 0 Å². The number of hydrogen-bond donors (Lipinski definition) is 1. The zero-order valence-electron chi connectivity index (χ0n) is 7.42. The molecule has 0 spiro atoms. The second-order valence-corrected chi connectivity index (χ2v) is 3.46. The summed E-state index contributed by atoms with van der Waals surface area (Å²) in [5.74, 6) is 0.601. The van der Waals surface area contributed by atoms with Gasteiger partial charge in [0.15, 0.2) is 0 Å². The lowest BCUT2D eigenvalue weighted by Gasteiger charge is -1.99. The third-order valence-corrected chi connectivity index (χ3v) is 2.05. The first kappa shape index (κ1) is 9.01. The molecule has 2 aromatic rings. The number of aryl methyl sites for hydroxylation is 1. The van der Waals surface area contributed by atoms with Crippen LogP contribution in [0.15, 0.2) is 18.7 Å². The van der Waals surface area contributed by atoms with Gasteiger partial charge in [0.2, 0.25) is 0 Å². The molecule has 0 saturated carbocycles. The lowest BCUT2D eigenvalue weighted by atomic mass is 10.2. The largest absolute Gasteiger partial charge is 0.393 e. The highest BCUT2D eigenvalue weighted by Crippen LogP contribution is 2.02. The van der Waals surface area contributed by atoms with E-state index in [4.69, 9.17) is 18.0 Å². The Morgan fingerprint density at radius 3 is 3.14 bits per heavy atom. The standard InChI is InChI=1S/C8H9N5S/c9-7(14)2-1-6-3-10-8-11-5-12-13(8)4-6/h3-5H,1-2H2,(H2,9,14). The number of nitrogens with zero attached hydrogens (tertiary/aromatic N) is 4. The van der Waals surface area contributed by atoms with E-state index in [2.05, 4.69) is 15.1 Å². The molecule has 5 nitrogen and oxygen atoms in total. The highest BCUT2D eigenvalue weighted by molar-refractivity contribution is 7.80. The predicted molar refractivity (Wildman–Crippen MR) is 55.9 cm³/mol. The molecule has 0 fully saturated rings. The minimum atomic E-state index is 0.517. The van der Waals surface area contributed by atoms with Gasteiger partial charge in [-0.3, -0.25) is 0 Å². The maximum absolute atomic E-state index is 5.41. The molecule has 0 aliphatic rings. The van der Waals surface area contributed by atoms with Crippen molar-refractivity contribution >= 4 is 23.0 Å². The van der Waals surface area contributed by atoms with Crippen molar-refractivity contribution in [1.29, 1.82) is 0 Å². The Bertz CT molecular complexity index is 463. The molecular formula is C8H9N5S.